The first kappa shape index (κ1) is 22.9. The van der Waals surface area contributed by atoms with Gasteiger partial charge in [-0.25, -0.2) is 0 Å². The number of fused-ring (bicyclic) bond motifs is 2. The number of benzene rings is 2. The van der Waals surface area contributed by atoms with E-state index in [0.29, 0.717) is 35.4 Å². The van der Waals surface area contributed by atoms with Crippen molar-refractivity contribution < 1.29 is 9.59 Å². The van der Waals surface area contributed by atoms with Gasteiger partial charge in [-0.2, -0.15) is 0 Å². The monoisotopic (exact) mass is 451 g/mol. The zero-order chi connectivity index (χ0) is 22.5. The van der Waals surface area contributed by atoms with Gasteiger partial charge in [0.1, 0.15) is 0 Å². The highest BCUT2D eigenvalue weighted by atomic mass is 32.2. The molecule has 1 saturated carbocycles. The number of nitrogens with one attached hydrogen (secondary N) is 2. The molecule has 5 nitrogen and oxygen atoms in total. The minimum Gasteiger partial charge on any atom is -0.351 e. The molecule has 170 valence electrons. The van der Waals surface area contributed by atoms with Crippen LogP contribution in [0.3, 0.4) is 0 Å². The zero-order valence-electron chi connectivity index (χ0n) is 19.0. The number of nitrogens with zero attached hydrogens (tertiary/aromatic N) is 1. The Balaban J connectivity index is 1.40. The van der Waals surface area contributed by atoms with Gasteiger partial charge in [0.2, 0.25) is 0 Å². The van der Waals surface area contributed by atoms with Gasteiger partial charge in [-0.1, -0.05) is 50.1 Å². The molecule has 2 N–H and O–H groups in total. The lowest BCUT2D eigenvalue weighted by molar-refractivity contribution is 0.0902. The maximum absolute atomic E-state index is 12.9. The summed E-state index contributed by atoms with van der Waals surface area (Å²) in [5.41, 5.74) is 1.92. The smallest absolute Gasteiger partial charge is 0.256 e. The molecule has 2 aromatic carbocycles. The molecule has 1 heterocycles. The van der Waals surface area contributed by atoms with Gasteiger partial charge in [0.25, 0.3) is 11.8 Å². The van der Waals surface area contributed by atoms with Crippen molar-refractivity contribution in [1.29, 1.82) is 0 Å². The molecule has 2 aliphatic rings. The molecule has 0 unspecified atom stereocenters. The van der Waals surface area contributed by atoms with E-state index >= 15 is 0 Å². The van der Waals surface area contributed by atoms with Crippen LogP contribution in [0.2, 0.25) is 0 Å². The summed E-state index contributed by atoms with van der Waals surface area (Å²) in [6.45, 7) is 6.03. The molecule has 1 aliphatic carbocycles. The highest BCUT2D eigenvalue weighted by molar-refractivity contribution is 7.99. The van der Waals surface area contributed by atoms with Gasteiger partial charge < -0.3 is 10.6 Å². The molecule has 1 fully saturated rings. The second kappa shape index (κ2) is 10.5. The van der Waals surface area contributed by atoms with Crippen LogP contribution in [-0.4, -0.2) is 41.9 Å². The first-order valence-corrected chi connectivity index (χ1v) is 12.6. The van der Waals surface area contributed by atoms with Crippen LogP contribution >= 0.6 is 11.8 Å². The fraction of sp³-hybridized carbons (Fsp3) is 0.462. The van der Waals surface area contributed by atoms with Crippen LogP contribution < -0.4 is 10.6 Å². The number of amides is 2. The molecule has 1 aliphatic heterocycles. The first-order chi connectivity index (χ1) is 15.6. The number of rotatable bonds is 7. The Morgan fingerprint density at radius 2 is 1.94 bits per heavy atom. The average molecular weight is 452 g/mol. The molecule has 6 heteroatoms. The van der Waals surface area contributed by atoms with Gasteiger partial charge >= 0.3 is 0 Å². The minimum atomic E-state index is -0.138. The van der Waals surface area contributed by atoms with E-state index in [1.54, 1.807) is 17.8 Å². The SMILES string of the molecule is CC[C@@H](C)N(CCNC(=O)c1ccc2c(c1)NC(=O)c1ccccc1S2)C1CCCCC1. The molecule has 2 amide bonds. The van der Waals surface area contributed by atoms with Crippen molar-refractivity contribution in [1.82, 2.24) is 10.2 Å². The summed E-state index contributed by atoms with van der Waals surface area (Å²) in [5, 5.41) is 6.06. The van der Waals surface area contributed by atoms with E-state index in [0.717, 1.165) is 22.8 Å². The van der Waals surface area contributed by atoms with Crippen molar-refractivity contribution >= 4 is 29.3 Å². The quantitative estimate of drug-likeness (QED) is 0.578. The fourth-order valence-electron chi connectivity index (χ4n) is 4.72. The van der Waals surface area contributed by atoms with E-state index in [9.17, 15) is 9.59 Å². The van der Waals surface area contributed by atoms with Gasteiger partial charge in [0, 0.05) is 40.5 Å². The maximum Gasteiger partial charge on any atom is 0.256 e. The predicted molar refractivity (Wildman–Crippen MR) is 131 cm³/mol. The highest BCUT2D eigenvalue weighted by Crippen LogP contribution is 2.39. The third-order valence-corrected chi connectivity index (χ3v) is 7.85. The Morgan fingerprint density at radius 1 is 1.16 bits per heavy atom. The van der Waals surface area contributed by atoms with Gasteiger partial charge in [-0.05, 0) is 56.5 Å². The van der Waals surface area contributed by atoms with Gasteiger partial charge in [-0.3, -0.25) is 14.5 Å². The van der Waals surface area contributed by atoms with Crippen molar-refractivity contribution in [2.45, 2.75) is 74.2 Å². The Hall–Kier alpha value is -2.31. The van der Waals surface area contributed by atoms with E-state index in [-0.39, 0.29) is 11.8 Å². The number of carbonyl (C=O) groups excluding carboxylic acids is 2. The van der Waals surface area contributed by atoms with Crippen molar-refractivity contribution in [3.05, 3.63) is 53.6 Å². The average Bonchev–Trinajstić information content (AvgIpc) is 2.97. The maximum atomic E-state index is 12.9. The van der Waals surface area contributed by atoms with Crippen molar-refractivity contribution in [2.75, 3.05) is 18.4 Å². The van der Waals surface area contributed by atoms with Gasteiger partial charge in [0.15, 0.2) is 0 Å². The van der Waals surface area contributed by atoms with Crippen LogP contribution in [0.4, 0.5) is 5.69 Å². The molecule has 2 aromatic rings. The Kier molecular flexibility index (Phi) is 7.53. The van der Waals surface area contributed by atoms with Crippen molar-refractivity contribution in [3.63, 3.8) is 0 Å². The van der Waals surface area contributed by atoms with Crippen molar-refractivity contribution in [3.8, 4) is 0 Å². The first-order valence-electron chi connectivity index (χ1n) is 11.8. The second-order valence-electron chi connectivity index (χ2n) is 8.81. The van der Waals surface area contributed by atoms with E-state index in [4.69, 9.17) is 0 Å². The minimum absolute atomic E-state index is 0.0958. The Labute approximate surface area is 195 Å². The van der Waals surface area contributed by atoms with Crippen molar-refractivity contribution in [2.24, 2.45) is 0 Å². The van der Waals surface area contributed by atoms with E-state index in [1.807, 2.05) is 36.4 Å². The summed E-state index contributed by atoms with van der Waals surface area (Å²) >= 11 is 1.55. The van der Waals surface area contributed by atoms with Crippen LogP contribution in [0.5, 0.6) is 0 Å². The standard InChI is InChI=1S/C26H33N3O2S/c1-3-18(2)29(20-9-5-4-6-10-20)16-15-27-25(30)19-13-14-24-22(17-19)28-26(31)21-11-7-8-12-23(21)32-24/h7-8,11-14,17-18,20H,3-6,9-10,15-16H2,1-2H3,(H,27,30)(H,28,31)/t18-/m1/s1. The second-order valence-corrected chi connectivity index (χ2v) is 9.89. The number of hydrogen-bond acceptors (Lipinski definition) is 4. The van der Waals surface area contributed by atoms with Gasteiger partial charge in [-0.15, -0.1) is 0 Å². The summed E-state index contributed by atoms with van der Waals surface area (Å²) in [6.07, 6.45) is 7.62. The molecule has 0 bridgehead atoms. The summed E-state index contributed by atoms with van der Waals surface area (Å²) in [5.74, 6) is -0.234. The molecule has 0 aromatic heterocycles. The van der Waals surface area contributed by atoms with Crippen LogP contribution in [0.25, 0.3) is 0 Å². The largest absolute Gasteiger partial charge is 0.351 e. The third-order valence-electron chi connectivity index (χ3n) is 6.70. The normalized spacial score (nSPS) is 17.2. The molecule has 4 rings (SSSR count). The summed E-state index contributed by atoms with van der Waals surface area (Å²) < 4.78 is 0. The molecule has 0 saturated heterocycles. The highest BCUT2D eigenvalue weighted by Gasteiger charge is 2.25. The fourth-order valence-corrected chi connectivity index (χ4v) is 5.73. The van der Waals surface area contributed by atoms with E-state index in [2.05, 4.69) is 29.4 Å². The van der Waals surface area contributed by atoms with Gasteiger partial charge in [0.05, 0.1) is 11.3 Å². The zero-order valence-corrected chi connectivity index (χ0v) is 19.8. The Bertz CT molecular complexity index is 971. The molecular formula is C26H33N3O2S. The number of anilines is 1. The Morgan fingerprint density at radius 3 is 2.72 bits per heavy atom. The summed E-state index contributed by atoms with van der Waals surface area (Å²) in [4.78, 5) is 29.9. The summed E-state index contributed by atoms with van der Waals surface area (Å²) in [7, 11) is 0. The predicted octanol–water partition coefficient (Wildman–Crippen LogP) is 5.57. The van der Waals surface area contributed by atoms with Crippen LogP contribution in [0.1, 0.15) is 73.1 Å². The summed E-state index contributed by atoms with van der Waals surface area (Å²) in [6, 6.07) is 14.3. The van der Waals surface area contributed by atoms with Crippen LogP contribution in [0, 0.1) is 0 Å². The van der Waals surface area contributed by atoms with Crippen LogP contribution in [-0.2, 0) is 0 Å². The molecule has 1 atom stereocenters. The molecule has 32 heavy (non-hydrogen) atoms. The topological polar surface area (TPSA) is 61.4 Å². The molecule has 0 spiro atoms. The lowest BCUT2D eigenvalue weighted by atomic mass is 9.93. The van der Waals surface area contributed by atoms with E-state index in [1.165, 1.54) is 32.1 Å². The number of hydrogen-bond donors (Lipinski definition) is 2. The lowest BCUT2D eigenvalue weighted by Gasteiger charge is -2.38. The number of carbonyl (C=O) groups is 2. The molecular weight excluding hydrogens is 418 g/mol. The third kappa shape index (κ3) is 5.18. The molecule has 0 radical (unpaired) electrons. The van der Waals surface area contributed by atoms with E-state index < -0.39 is 0 Å². The lowest BCUT2D eigenvalue weighted by Crippen LogP contribution is -2.46. The van der Waals surface area contributed by atoms with Crippen LogP contribution in [0.15, 0.2) is 52.3 Å².